The van der Waals surface area contributed by atoms with Crippen LogP contribution in [-0.2, 0) is 22.5 Å². The van der Waals surface area contributed by atoms with Gasteiger partial charge in [-0.2, -0.15) is 0 Å². The van der Waals surface area contributed by atoms with Crippen LogP contribution in [0.5, 0.6) is 5.75 Å². The van der Waals surface area contributed by atoms with Gasteiger partial charge in [0.25, 0.3) is 5.91 Å². The van der Waals surface area contributed by atoms with Gasteiger partial charge in [0.1, 0.15) is 5.75 Å². The van der Waals surface area contributed by atoms with E-state index in [9.17, 15) is 9.59 Å². The standard InChI is InChI=1S/C19H20N2O4/c1-11-9-20-15(12(2)17(11)24-3)10-21-18(22)16-8-13-6-4-5-7-14(13)19(23)25-16/h4-7,9,16H,8,10H2,1-3H3,(H,21,22)/t16-/m0/s1. The number of aromatic nitrogens is 1. The van der Waals surface area contributed by atoms with Gasteiger partial charge in [-0.25, -0.2) is 4.79 Å². The van der Waals surface area contributed by atoms with Crippen LogP contribution < -0.4 is 10.1 Å². The van der Waals surface area contributed by atoms with E-state index in [2.05, 4.69) is 10.3 Å². The highest BCUT2D eigenvalue weighted by atomic mass is 16.5. The van der Waals surface area contributed by atoms with Crippen LogP contribution in [0, 0.1) is 13.8 Å². The number of ether oxygens (including phenoxy) is 2. The number of esters is 1. The van der Waals surface area contributed by atoms with E-state index in [0.29, 0.717) is 12.0 Å². The van der Waals surface area contributed by atoms with Crippen molar-refractivity contribution in [3.63, 3.8) is 0 Å². The summed E-state index contributed by atoms with van der Waals surface area (Å²) in [5, 5.41) is 2.80. The van der Waals surface area contributed by atoms with Gasteiger partial charge in [-0.1, -0.05) is 18.2 Å². The first-order chi connectivity index (χ1) is 12.0. The molecule has 0 bridgehead atoms. The van der Waals surface area contributed by atoms with Crippen LogP contribution in [0.3, 0.4) is 0 Å². The summed E-state index contributed by atoms with van der Waals surface area (Å²) < 4.78 is 10.6. The molecule has 0 saturated heterocycles. The third kappa shape index (κ3) is 3.33. The largest absolute Gasteiger partial charge is 0.496 e. The van der Waals surface area contributed by atoms with Gasteiger partial charge in [0.05, 0.1) is 24.9 Å². The molecule has 1 aromatic carbocycles. The maximum absolute atomic E-state index is 12.4. The Labute approximate surface area is 146 Å². The number of nitrogens with one attached hydrogen (secondary N) is 1. The second-order valence-corrected chi connectivity index (χ2v) is 6.02. The highest BCUT2D eigenvalue weighted by molar-refractivity contribution is 5.95. The van der Waals surface area contributed by atoms with Gasteiger partial charge in [0.15, 0.2) is 6.10 Å². The fourth-order valence-electron chi connectivity index (χ4n) is 3.01. The highest BCUT2D eigenvalue weighted by Crippen LogP contribution is 2.24. The van der Waals surface area contributed by atoms with E-state index in [1.165, 1.54) is 0 Å². The van der Waals surface area contributed by atoms with Gasteiger partial charge in [0.2, 0.25) is 0 Å². The third-order valence-corrected chi connectivity index (χ3v) is 4.36. The number of carbonyl (C=O) groups excluding carboxylic acids is 2. The number of nitrogens with zero attached hydrogens (tertiary/aromatic N) is 1. The SMILES string of the molecule is COc1c(C)cnc(CNC(=O)[C@@H]2Cc3ccccc3C(=O)O2)c1C. The molecule has 1 aliphatic heterocycles. The molecule has 0 fully saturated rings. The zero-order chi connectivity index (χ0) is 18.0. The van der Waals surface area contributed by atoms with Crippen LogP contribution in [0.1, 0.15) is 32.7 Å². The molecular weight excluding hydrogens is 320 g/mol. The normalized spacial score (nSPS) is 16.0. The molecule has 2 heterocycles. The Balaban J connectivity index is 1.69. The van der Waals surface area contributed by atoms with Crippen molar-refractivity contribution >= 4 is 11.9 Å². The van der Waals surface area contributed by atoms with Crippen LogP contribution in [0.25, 0.3) is 0 Å². The predicted molar refractivity (Wildman–Crippen MR) is 91.5 cm³/mol. The van der Waals surface area contributed by atoms with Crippen molar-refractivity contribution in [2.75, 3.05) is 7.11 Å². The van der Waals surface area contributed by atoms with Crippen molar-refractivity contribution in [2.45, 2.75) is 32.9 Å². The average molecular weight is 340 g/mol. The van der Waals surface area contributed by atoms with Crippen molar-refractivity contribution < 1.29 is 19.1 Å². The van der Waals surface area contributed by atoms with E-state index in [1.54, 1.807) is 25.4 Å². The van der Waals surface area contributed by atoms with E-state index < -0.39 is 12.1 Å². The number of hydrogen-bond donors (Lipinski definition) is 1. The maximum atomic E-state index is 12.4. The lowest BCUT2D eigenvalue weighted by Gasteiger charge is -2.24. The minimum atomic E-state index is -0.824. The molecule has 1 atom stereocenters. The average Bonchev–Trinajstić information content (AvgIpc) is 2.61. The zero-order valence-corrected chi connectivity index (χ0v) is 14.5. The predicted octanol–water partition coefficient (Wildman–Crippen LogP) is 2.10. The van der Waals surface area contributed by atoms with E-state index in [-0.39, 0.29) is 12.5 Å². The zero-order valence-electron chi connectivity index (χ0n) is 14.5. The highest BCUT2D eigenvalue weighted by Gasteiger charge is 2.31. The molecule has 1 amide bonds. The number of methoxy groups -OCH3 is 1. The lowest BCUT2D eigenvalue weighted by molar-refractivity contribution is -0.130. The lowest BCUT2D eigenvalue weighted by atomic mass is 9.98. The Morgan fingerprint density at radius 1 is 1.36 bits per heavy atom. The summed E-state index contributed by atoms with van der Waals surface area (Å²) in [7, 11) is 1.61. The summed E-state index contributed by atoms with van der Waals surface area (Å²) in [5.41, 5.74) is 3.89. The second kappa shape index (κ2) is 6.93. The minimum Gasteiger partial charge on any atom is -0.496 e. The van der Waals surface area contributed by atoms with E-state index in [0.717, 1.165) is 28.1 Å². The second-order valence-electron chi connectivity index (χ2n) is 6.02. The molecule has 2 aromatic rings. The van der Waals surface area contributed by atoms with Gasteiger partial charge in [-0.05, 0) is 25.5 Å². The molecule has 3 rings (SSSR count). The van der Waals surface area contributed by atoms with Crippen LogP contribution in [0.2, 0.25) is 0 Å². The number of amides is 1. The molecule has 0 spiro atoms. The van der Waals surface area contributed by atoms with Crippen LogP contribution >= 0.6 is 0 Å². The first-order valence-corrected chi connectivity index (χ1v) is 8.07. The fourth-order valence-corrected chi connectivity index (χ4v) is 3.01. The first-order valence-electron chi connectivity index (χ1n) is 8.07. The molecule has 6 heteroatoms. The maximum Gasteiger partial charge on any atom is 0.339 e. The fraction of sp³-hybridized carbons (Fsp3) is 0.316. The van der Waals surface area contributed by atoms with E-state index in [1.807, 2.05) is 26.0 Å². The van der Waals surface area contributed by atoms with Gasteiger partial charge in [-0.3, -0.25) is 9.78 Å². The number of rotatable bonds is 4. The number of carbonyl (C=O) groups is 2. The topological polar surface area (TPSA) is 77.5 Å². The number of hydrogen-bond acceptors (Lipinski definition) is 5. The Morgan fingerprint density at radius 3 is 2.88 bits per heavy atom. The van der Waals surface area contributed by atoms with Gasteiger partial charge in [0, 0.05) is 23.7 Å². The number of fused-ring (bicyclic) bond motifs is 1. The first kappa shape index (κ1) is 17.0. The molecule has 0 saturated carbocycles. The minimum absolute atomic E-state index is 0.247. The van der Waals surface area contributed by atoms with Crippen molar-refractivity contribution in [3.8, 4) is 5.75 Å². The summed E-state index contributed by atoms with van der Waals surface area (Å²) in [6.07, 6.45) is 1.26. The summed E-state index contributed by atoms with van der Waals surface area (Å²) in [6.45, 7) is 4.06. The smallest absolute Gasteiger partial charge is 0.339 e. The van der Waals surface area contributed by atoms with E-state index >= 15 is 0 Å². The molecule has 1 aromatic heterocycles. The number of cyclic esters (lactones) is 1. The van der Waals surface area contributed by atoms with Gasteiger partial charge < -0.3 is 14.8 Å². The quantitative estimate of drug-likeness (QED) is 0.863. The molecule has 130 valence electrons. The Hall–Kier alpha value is -2.89. The van der Waals surface area contributed by atoms with Crippen molar-refractivity contribution in [1.29, 1.82) is 0 Å². The molecule has 0 unspecified atom stereocenters. The summed E-state index contributed by atoms with van der Waals surface area (Å²) in [4.78, 5) is 28.8. The molecule has 1 aliphatic rings. The van der Waals surface area contributed by atoms with Crippen molar-refractivity contribution in [2.24, 2.45) is 0 Å². The van der Waals surface area contributed by atoms with Gasteiger partial charge in [-0.15, -0.1) is 0 Å². The van der Waals surface area contributed by atoms with Crippen LogP contribution in [-0.4, -0.2) is 30.1 Å². The third-order valence-electron chi connectivity index (χ3n) is 4.36. The summed E-state index contributed by atoms with van der Waals surface area (Å²) in [5.74, 6) is -0.0332. The number of aryl methyl sites for hydroxylation is 1. The van der Waals surface area contributed by atoms with E-state index in [4.69, 9.17) is 9.47 Å². The molecule has 1 N–H and O–H groups in total. The summed E-state index contributed by atoms with van der Waals surface area (Å²) >= 11 is 0. The Morgan fingerprint density at radius 2 is 2.12 bits per heavy atom. The molecule has 0 radical (unpaired) electrons. The Bertz CT molecular complexity index is 832. The number of pyridine rings is 1. The van der Waals surface area contributed by atoms with Crippen molar-refractivity contribution in [3.05, 3.63) is 58.4 Å². The molecule has 25 heavy (non-hydrogen) atoms. The van der Waals surface area contributed by atoms with Crippen molar-refractivity contribution in [1.82, 2.24) is 10.3 Å². The Kier molecular flexibility index (Phi) is 4.70. The molecule has 6 nitrogen and oxygen atoms in total. The van der Waals surface area contributed by atoms with Crippen LogP contribution in [0.15, 0.2) is 30.5 Å². The lowest BCUT2D eigenvalue weighted by Crippen LogP contribution is -2.41. The summed E-state index contributed by atoms with van der Waals surface area (Å²) in [6, 6.07) is 7.17. The number of benzene rings is 1. The van der Waals surface area contributed by atoms with Crippen LogP contribution in [0.4, 0.5) is 0 Å². The molecule has 0 aliphatic carbocycles. The molecular formula is C19H20N2O4. The van der Waals surface area contributed by atoms with Gasteiger partial charge >= 0.3 is 5.97 Å². The monoisotopic (exact) mass is 340 g/mol.